The minimum atomic E-state index is -0.743. The molecule has 0 aliphatic carbocycles. The topological polar surface area (TPSA) is 120 Å². The maximum Gasteiger partial charge on any atom is 0.490 e. The smallest absolute Gasteiger partial charge is 0.390 e. The molecule has 0 saturated heterocycles. The first-order valence-corrected chi connectivity index (χ1v) is 3.56. The second kappa shape index (κ2) is 3.79. The lowest BCUT2D eigenvalue weighted by atomic mass is 10.6. The summed E-state index contributed by atoms with van der Waals surface area (Å²) in [6, 6.07) is 0. The highest BCUT2D eigenvalue weighted by Gasteiger charge is 2.15. The van der Waals surface area contributed by atoms with Crippen molar-refractivity contribution in [2.75, 3.05) is 7.05 Å². The van der Waals surface area contributed by atoms with Gasteiger partial charge in [-0.25, -0.2) is 5.84 Å². The number of likely N-dealkylation sites (N-methyl/N-ethyl adjacent to an activating group) is 1. The molecule has 0 radical (unpaired) electrons. The van der Waals surface area contributed by atoms with E-state index in [1.807, 2.05) is 0 Å². The lowest BCUT2D eigenvalue weighted by molar-refractivity contribution is -0.394. The van der Waals surface area contributed by atoms with E-state index >= 15 is 0 Å². The average molecular weight is 200 g/mol. The number of aromatic nitrogens is 3. The van der Waals surface area contributed by atoms with Crippen LogP contribution in [0.15, 0.2) is 6.33 Å². The van der Waals surface area contributed by atoms with Crippen molar-refractivity contribution in [1.82, 2.24) is 19.8 Å². The normalized spacial score (nSPS) is 9.86. The molecule has 0 bridgehead atoms. The summed E-state index contributed by atoms with van der Waals surface area (Å²) in [5.74, 6) is 4.17. The quantitative estimate of drug-likeness (QED) is 0.275. The number of nitrogens with zero attached hydrogens (tertiary/aromatic N) is 5. The van der Waals surface area contributed by atoms with Crippen molar-refractivity contribution >= 4 is 11.9 Å². The molecule has 0 fully saturated rings. The van der Waals surface area contributed by atoms with Crippen molar-refractivity contribution in [2.45, 2.75) is 6.54 Å². The van der Waals surface area contributed by atoms with E-state index in [-0.39, 0.29) is 6.54 Å². The minimum absolute atomic E-state index is 0.173. The highest BCUT2D eigenvalue weighted by atomic mass is 16.6. The number of amides is 1. The molecule has 0 spiro atoms. The molecule has 14 heavy (non-hydrogen) atoms. The predicted molar refractivity (Wildman–Crippen MR) is 43.6 cm³/mol. The Morgan fingerprint density at radius 2 is 2.50 bits per heavy atom. The zero-order valence-electron chi connectivity index (χ0n) is 7.32. The summed E-state index contributed by atoms with van der Waals surface area (Å²) in [6.45, 7) is -0.173. The van der Waals surface area contributed by atoms with E-state index in [4.69, 9.17) is 5.84 Å². The van der Waals surface area contributed by atoms with Crippen molar-refractivity contribution in [2.24, 2.45) is 5.84 Å². The number of hydrazine groups is 1. The van der Waals surface area contributed by atoms with Gasteiger partial charge in [-0.1, -0.05) is 4.98 Å². The molecule has 76 valence electrons. The van der Waals surface area contributed by atoms with Crippen LogP contribution in [0, 0.1) is 10.1 Å². The number of hydrogen-bond donors (Lipinski definition) is 1. The maximum absolute atomic E-state index is 11.0. The van der Waals surface area contributed by atoms with Crippen molar-refractivity contribution in [3.05, 3.63) is 16.4 Å². The van der Waals surface area contributed by atoms with E-state index in [1.54, 1.807) is 0 Å². The number of nitrogens with two attached hydrogens (primary N) is 1. The Hall–Kier alpha value is -2.03. The second-order valence-corrected chi connectivity index (χ2v) is 2.50. The molecule has 9 heteroatoms. The number of nitro groups is 1. The van der Waals surface area contributed by atoms with Gasteiger partial charge in [-0.15, -0.1) is 0 Å². The molecule has 1 amide bonds. The third kappa shape index (κ3) is 2.23. The number of hydrogen-bond acceptors (Lipinski definition) is 6. The molecule has 0 aliphatic heterocycles. The molecule has 1 aromatic heterocycles. The van der Waals surface area contributed by atoms with Crippen molar-refractivity contribution in [3.8, 4) is 0 Å². The molecule has 1 aromatic rings. The van der Waals surface area contributed by atoms with Crippen LogP contribution < -0.4 is 5.84 Å². The molecule has 0 aliphatic rings. The Morgan fingerprint density at radius 1 is 1.86 bits per heavy atom. The first-order valence-electron chi connectivity index (χ1n) is 3.56. The van der Waals surface area contributed by atoms with Gasteiger partial charge in [-0.2, -0.15) is 4.68 Å². The molecular weight excluding hydrogens is 192 g/mol. The SMILES string of the molecule is CN(N)C(=O)Cn1cnc([N+](=O)[O-])n1. The highest BCUT2D eigenvalue weighted by molar-refractivity contribution is 5.74. The lowest BCUT2D eigenvalue weighted by Gasteiger charge is -2.07. The summed E-state index contributed by atoms with van der Waals surface area (Å²) in [5.41, 5.74) is 0. The third-order valence-corrected chi connectivity index (χ3v) is 1.38. The van der Waals surface area contributed by atoms with Gasteiger partial charge in [-0.3, -0.25) is 9.80 Å². The van der Waals surface area contributed by atoms with Crippen LogP contribution in [-0.2, 0) is 11.3 Å². The van der Waals surface area contributed by atoms with Crippen molar-refractivity contribution in [3.63, 3.8) is 0 Å². The van der Waals surface area contributed by atoms with Crippen LogP contribution in [-0.4, -0.2) is 37.7 Å². The molecular formula is C5H8N6O3. The van der Waals surface area contributed by atoms with Crippen LogP contribution in [0.25, 0.3) is 0 Å². The summed E-state index contributed by atoms with van der Waals surface area (Å²) < 4.78 is 1.05. The maximum atomic E-state index is 11.0. The fourth-order valence-corrected chi connectivity index (χ4v) is 0.695. The molecule has 1 heterocycles. The van der Waals surface area contributed by atoms with Crippen LogP contribution in [0.5, 0.6) is 0 Å². The monoisotopic (exact) mass is 200 g/mol. The summed E-state index contributed by atoms with van der Waals surface area (Å²) in [5, 5.41) is 14.5. The van der Waals surface area contributed by atoms with Crippen LogP contribution in [0.1, 0.15) is 0 Å². The van der Waals surface area contributed by atoms with Crippen molar-refractivity contribution in [1.29, 1.82) is 0 Å². The van der Waals surface area contributed by atoms with Gasteiger partial charge < -0.3 is 10.1 Å². The number of carbonyl (C=O) groups excluding carboxylic acids is 1. The van der Waals surface area contributed by atoms with E-state index < -0.39 is 16.8 Å². The van der Waals surface area contributed by atoms with Crippen LogP contribution in [0.3, 0.4) is 0 Å². The Morgan fingerprint density at radius 3 is 2.93 bits per heavy atom. The van der Waals surface area contributed by atoms with Gasteiger partial charge in [0.2, 0.25) is 6.33 Å². The molecule has 1 rings (SSSR count). The largest absolute Gasteiger partial charge is 0.490 e. The van der Waals surface area contributed by atoms with Gasteiger partial charge in [0.15, 0.2) is 0 Å². The number of rotatable bonds is 3. The van der Waals surface area contributed by atoms with Gasteiger partial charge in [0.1, 0.15) is 6.54 Å². The Labute approximate surface area is 78.2 Å². The second-order valence-electron chi connectivity index (χ2n) is 2.50. The lowest BCUT2D eigenvalue weighted by Crippen LogP contribution is -2.35. The van der Waals surface area contributed by atoms with Gasteiger partial charge in [0, 0.05) is 12.1 Å². The Kier molecular flexibility index (Phi) is 2.72. The average Bonchev–Trinajstić information content (AvgIpc) is 2.52. The molecule has 0 saturated carbocycles. The van der Waals surface area contributed by atoms with Gasteiger partial charge >= 0.3 is 5.95 Å². The first-order chi connectivity index (χ1) is 6.50. The fraction of sp³-hybridized carbons (Fsp3) is 0.400. The van der Waals surface area contributed by atoms with E-state index in [0.29, 0.717) is 0 Å². The third-order valence-electron chi connectivity index (χ3n) is 1.38. The van der Waals surface area contributed by atoms with Crippen LogP contribution in [0.4, 0.5) is 5.95 Å². The van der Waals surface area contributed by atoms with E-state index in [9.17, 15) is 14.9 Å². The molecule has 9 nitrogen and oxygen atoms in total. The Balaban J connectivity index is 2.69. The minimum Gasteiger partial charge on any atom is -0.390 e. The zero-order valence-corrected chi connectivity index (χ0v) is 7.32. The standard InChI is InChI=1S/C5H8N6O3/c1-9(6)4(12)2-10-3-7-5(8-10)11(13)14/h3H,2,6H2,1H3. The molecule has 2 N–H and O–H groups in total. The molecule has 0 atom stereocenters. The first kappa shape index (κ1) is 10.1. The summed E-state index contributed by atoms with van der Waals surface area (Å²) >= 11 is 0. The van der Waals surface area contributed by atoms with Crippen LogP contribution >= 0.6 is 0 Å². The summed E-state index contributed by atoms with van der Waals surface area (Å²) in [4.78, 5) is 23.8. The molecule has 0 unspecified atom stereocenters. The van der Waals surface area contributed by atoms with E-state index in [0.717, 1.165) is 16.0 Å². The van der Waals surface area contributed by atoms with Gasteiger partial charge in [0.25, 0.3) is 5.91 Å². The van der Waals surface area contributed by atoms with E-state index in [1.165, 1.54) is 7.05 Å². The van der Waals surface area contributed by atoms with Crippen molar-refractivity contribution < 1.29 is 9.72 Å². The summed E-state index contributed by atoms with van der Waals surface area (Å²) in [6.07, 6.45) is 1.10. The number of carbonyl (C=O) groups is 1. The molecule has 0 aromatic carbocycles. The van der Waals surface area contributed by atoms with Gasteiger partial charge in [-0.05, 0) is 4.92 Å². The van der Waals surface area contributed by atoms with Gasteiger partial charge in [0.05, 0.1) is 0 Å². The Bertz CT molecular complexity index is 358. The predicted octanol–water partition coefficient (Wildman–Crippen LogP) is -1.48. The summed E-state index contributed by atoms with van der Waals surface area (Å²) in [7, 11) is 1.37. The van der Waals surface area contributed by atoms with E-state index in [2.05, 4.69) is 10.1 Å². The van der Waals surface area contributed by atoms with Crippen LogP contribution in [0.2, 0.25) is 0 Å². The zero-order chi connectivity index (χ0) is 10.7. The highest BCUT2D eigenvalue weighted by Crippen LogP contribution is 1.99. The fourth-order valence-electron chi connectivity index (χ4n) is 0.695.